The lowest BCUT2D eigenvalue weighted by molar-refractivity contribution is -0.172. The van der Waals surface area contributed by atoms with Gasteiger partial charge in [-0.2, -0.15) is 0 Å². The fourth-order valence-corrected chi connectivity index (χ4v) is 6.07. The van der Waals surface area contributed by atoms with Crippen molar-refractivity contribution in [1.82, 2.24) is 14.9 Å². The van der Waals surface area contributed by atoms with Gasteiger partial charge in [-0.05, 0) is 48.9 Å². The van der Waals surface area contributed by atoms with Gasteiger partial charge in [0.1, 0.15) is 6.61 Å². The fourth-order valence-electron chi connectivity index (χ4n) is 6.07. The van der Waals surface area contributed by atoms with Crippen LogP contribution >= 0.6 is 0 Å². The molecular weight excluding hydrogens is 467 g/mol. The summed E-state index contributed by atoms with van der Waals surface area (Å²) in [5.41, 5.74) is 8.08. The topological polar surface area (TPSA) is 137 Å². The number of nitrogens with two attached hydrogens (primary N) is 1. The van der Waals surface area contributed by atoms with Crippen LogP contribution in [0, 0.1) is 12.7 Å². The van der Waals surface area contributed by atoms with Crippen LogP contribution in [0.3, 0.4) is 0 Å². The number of nitrogen functional groups attached to an aromatic ring is 1. The number of carbonyl (C=O) groups is 2. The molecule has 0 radical (unpaired) electrons. The molecule has 0 saturated heterocycles. The van der Waals surface area contributed by atoms with Crippen LogP contribution < -0.4 is 16.6 Å². The molecule has 2 atom stereocenters. The molecule has 6 rings (SSSR count). The van der Waals surface area contributed by atoms with E-state index in [1.54, 1.807) is 19.9 Å². The Balaban J connectivity index is 1.71. The van der Waals surface area contributed by atoms with Gasteiger partial charge in [0.2, 0.25) is 5.91 Å². The van der Waals surface area contributed by atoms with Crippen LogP contribution in [0.1, 0.15) is 66.1 Å². The Hall–Kier alpha value is -3.79. The quantitative estimate of drug-likeness (QED) is 0.288. The lowest BCUT2D eigenvalue weighted by Gasteiger charge is -2.31. The second-order valence-corrected chi connectivity index (χ2v) is 9.80. The molecule has 2 aromatic heterocycles. The molecule has 3 aliphatic rings. The van der Waals surface area contributed by atoms with Gasteiger partial charge in [0, 0.05) is 23.4 Å². The summed E-state index contributed by atoms with van der Waals surface area (Å²) in [6.45, 7) is 4.71. The number of esters is 1. The normalized spacial score (nSPS) is 21.6. The first-order chi connectivity index (χ1) is 17.1. The molecule has 9 nitrogen and oxygen atoms in total. The molecule has 0 saturated carbocycles. The van der Waals surface area contributed by atoms with E-state index in [1.807, 2.05) is 0 Å². The number of ether oxygens (including phenoxy) is 1. The smallest absolute Gasteiger partial charge is 0.343 e. The highest BCUT2D eigenvalue weighted by atomic mass is 19.1. The summed E-state index contributed by atoms with van der Waals surface area (Å²) in [6, 6.07) is 1.24. The van der Waals surface area contributed by atoms with Gasteiger partial charge >= 0.3 is 5.97 Å². The SMILES string of the molecule is CC[C@@]1(O)C(=O)OCc2c1cc1n(c2=O)Cc2c-1nc1c(N)c(F)c(C)c3c1c2[C@@H](NC(C)=O)CC3. The number of halogens is 1. The first-order valence-electron chi connectivity index (χ1n) is 12.0. The number of anilines is 1. The number of pyridine rings is 2. The predicted octanol–water partition coefficient (Wildman–Crippen LogP) is 2.23. The van der Waals surface area contributed by atoms with E-state index >= 15 is 4.39 Å². The van der Waals surface area contributed by atoms with Crippen LogP contribution in [0.25, 0.3) is 22.3 Å². The van der Waals surface area contributed by atoms with Crippen molar-refractivity contribution >= 4 is 28.5 Å². The predicted molar refractivity (Wildman–Crippen MR) is 129 cm³/mol. The first kappa shape index (κ1) is 22.7. The molecule has 0 unspecified atom stereocenters. The zero-order chi connectivity index (χ0) is 25.7. The number of amides is 1. The average Bonchev–Trinajstić information content (AvgIpc) is 3.22. The van der Waals surface area contributed by atoms with Gasteiger partial charge in [-0.25, -0.2) is 14.2 Å². The number of fused-ring (bicyclic) bond motifs is 5. The molecule has 186 valence electrons. The molecular formula is C26H25FN4O5. The van der Waals surface area contributed by atoms with Crippen molar-refractivity contribution in [3.05, 3.63) is 55.6 Å². The third-order valence-electron chi connectivity index (χ3n) is 7.93. The van der Waals surface area contributed by atoms with Crippen molar-refractivity contribution in [3.63, 3.8) is 0 Å². The molecule has 3 aromatic rings. The van der Waals surface area contributed by atoms with Crippen molar-refractivity contribution in [3.8, 4) is 11.4 Å². The second kappa shape index (κ2) is 7.36. The third-order valence-corrected chi connectivity index (χ3v) is 7.93. The number of aliphatic hydroxyl groups is 1. The molecule has 0 bridgehead atoms. The summed E-state index contributed by atoms with van der Waals surface area (Å²) >= 11 is 0. The molecule has 4 heterocycles. The maximum absolute atomic E-state index is 15.1. The monoisotopic (exact) mass is 492 g/mol. The number of nitrogens with one attached hydrogen (secondary N) is 1. The number of aryl methyl sites for hydroxylation is 1. The third kappa shape index (κ3) is 2.73. The Kier molecular flexibility index (Phi) is 4.63. The zero-order valence-electron chi connectivity index (χ0n) is 20.1. The highest BCUT2D eigenvalue weighted by Gasteiger charge is 2.46. The lowest BCUT2D eigenvalue weighted by atomic mass is 9.81. The maximum atomic E-state index is 15.1. The number of rotatable bonds is 2. The minimum absolute atomic E-state index is 0.0242. The van der Waals surface area contributed by atoms with Gasteiger partial charge in [-0.15, -0.1) is 0 Å². The summed E-state index contributed by atoms with van der Waals surface area (Å²) < 4.78 is 21.8. The second-order valence-electron chi connectivity index (χ2n) is 9.80. The minimum Gasteiger partial charge on any atom is -0.458 e. The van der Waals surface area contributed by atoms with Gasteiger partial charge in [0.05, 0.1) is 40.7 Å². The number of hydrogen-bond acceptors (Lipinski definition) is 7. The summed E-state index contributed by atoms with van der Waals surface area (Å²) in [4.78, 5) is 42.9. The number of hydrogen-bond donors (Lipinski definition) is 3. The van der Waals surface area contributed by atoms with E-state index in [4.69, 9.17) is 15.5 Å². The van der Waals surface area contributed by atoms with Crippen LogP contribution in [0.15, 0.2) is 10.9 Å². The molecule has 1 aliphatic carbocycles. The van der Waals surface area contributed by atoms with E-state index in [-0.39, 0.29) is 53.9 Å². The molecule has 1 aromatic carbocycles. The van der Waals surface area contributed by atoms with E-state index in [0.717, 1.165) is 16.7 Å². The molecule has 10 heteroatoms. The molecule has 36 heavy (non-hydrogen) atoms. The van der Waals surface area contributed by atoms with E-state index in [9.17, 15) is 19.5 Å². The van der Waals surface area contributed by atoms with Crippen LogP contribution in [0.5, 0.6) is 0 Å². The van der Waals surface area contributed by atoms with Crippen molar-refractivity contribution in [1.29, 1.82) is 0 Å². The van der Waals surface area contributed by atoms with Gasteiger partial charge in [0.15, 0.2) is 11.4 Å². The molecule has 0 fully saturated rings. The van der Waals surface area contributed by atoms with Crippen LogP contribution in [0.2, 0.25) is 0 Å². The number of benzene rings is 1. The number of cyclic esters (lactones) is 1. The minimum atomic E-state index is -1.95. The fraction of sp³-hybridized carbons (Fsp3) is 0.385. The van der Waals surface area contributed by atoms with Gasteiger partial charge < -0.3 is 25.5 Å². The highest BCUT2D eigenvalue weighted by molar-refractivity contribution is 6.00. The molecule has 1 amide bonds. The highest BCUT2D eigenvalue weighted by Crippen LogP contribution is 2.47. The van der Waals surface area contributed by atoms with E-state index in [0.29, 0.717) is 35.2 Å². The van der Waals surface area contributed by atoms with Crippen molar-refractivity contribution in [2.24, 2.45) is 0 Å². The number of aromatic nitrogens is 2. The summed E-state index contributed by atoms with van der Waals surface area (Å²) in [7, 11) is 0. The summed E-state index contributed by atoms with van der Waals surface area (Å²) in [6.07, 6.45) is 1.13. The van der Waals surface area contributed by atoms with Gasteiger partial charge in [0.25, 0.3) is 5.56 Å². The van der Waals surface area contributed by atoms with Crippen LogP contribution in [0.4, 0.5) is 10.1 Å². The standard InChI is InChI=1S/C26H25FN4O5/c1-4-26(35)15-7-17-22-13(8-31(17)24(33)14(15)9-36-25(26)34)18-16(29-11(3)32)6-5-12-10(2)20(27)21(28)23(30-22)19(12)18/h7,16,35H,4-6,8-9,28H2,1-3H3,(H,29,32)/t16-,26-/m0/s1. The average molecular weight is 493 g/mol. The Morgan fingerprint density at radius 3 is 2.81 bits per heavy atom. The Labute approximate surface area is 205 Å². The van der Waals surface area contributed by atoms with Crippen molar-refractivity contribution in [2.45, 2.75) is 64.8 Å². The van der Waals surface area contributed by atoms with Crippen molar-refractivity contribution in [2.75, 3.05) is 5.73 Å². The summed E-state index contributed by atoms with van der Waals surface area (Å²) in [5.74, 6) is -1.54. The van der Waals surface area contributed by atoms with Gasteiger partial charge in [-0.3, -0.25) is 9.59 Å². The molecule has 4 N–H and O–H groups in total. The van der Waals surface area contributed by atoms with Crippen LogP contribution in [-0.4, -0.2) is 26.5 Å². The summed E-state index contributed by atoms with van der Waals surface area (Å²) in [5, 5.41) is 14.8. The Bertz CT molecular complexity index is 1610. The van der Waals surface area contributed by atoms with Gasteiger partial charge in [-0.1, -0.05) is 6.92 Å². The molecule has 2 aliphatic heterocycles. The Morgan fingerprint density at radius 1 is 1.36 bits per heavy atom. The molecule has 0 spiro atoms. The largest absolute Gasteiger partial charge is 0.458 e. The van der Waals surface area contributed by atoms with E-state index < -0.39 is 22.9 Å². The maximum Gasteiger partial charge on any atom is 0.343 e. The number of nitrogens with zero attached hydrogens (tertiary/aromatic N) is 2. The lowest BCUT2D eigenvalue weighted by Crippen LogP contribution is -2.44. The van der Waals surface area contributed by atoms with Crippen molar-refractivity contribution < 1.29 is 23.8 Å². The number of carbonyl (C=O) groups excluding carboxylic acids is 2. The van der Waals surface area contributed by atoms with E-state index in [1.165, 1.54) is 11.5 Å². The first-order valence-corrected chi connectivity index (χ1v) is 12.0. The van der Waals surface area contributed by atoms with E-state index in [2.05, 4.69) is 5.32 Å². The zero-order valence-corrected chi connectivity index (χ0v) is 20.1. The Morgan fingerprint density at radius 2 is 2.11 bits per heavy atom. The van der Waals surface area contributed by atoms with Crippen LogP contribution in [-0.2, 0) is 39.5 Å².